The van der Waals surface area contributed by atoms with Crippen LogP contribution in [0.15, 0.2) is 30.3 Å². The van der Waals surface area contributed by atoms with Crippen molar-refractivity contribution in [3.05, 3.63) is 35.9 Å². The first-order valence-corrected chi connectivity index (χ1v) is 4.89. The molecule has 0 aromatic heterocycles. The third-order valence-corrected chi connectivity index (χ3v) is 2.55. The van der Waals surface area contributed by atoms with Crippen LogP contribution in [0.1, 0.15) is 24.8 Å². The molecule has 1 aromatic carbocycles. The van der Waals surface area contributed by atoms with Gasteiger partial charge in [-0.2, -0.15) is 0 Å². The largest absolute Gasteiger partial charge is 0.396 e. The molecule has 0 bridgehead atoms. The first kappa shape index (κ1) is 10.9. The van der Waals surface area contributed by atoms with Crippen LogP contribution in [0, 0.1) is 5.92 Å². The first-order valence-electron chi connectivity index (χ1n) is 4.89. The van der Waals surface area contributed by atoms with Crippen molar-refractivity contribution in [1.82, 2.24) is 0 Å². The second-order valence-electron chi connectivity index (χ2n) is 3.58. The molecule has 2 atom stereocenters. The molecule has 2 unspecified atom stereocenters. The van der Waals surface area contributed by atoms with Gasteiger partial charge in [0.25, 0.3) is 0 Å². The predicted octanol–water partition coefficient (Wildman–Crippen LogP) is 1.99. The fourth-order valence-corrected chi connectivity index (χ4v) is 1.63. The van der Waals surface area contributed by atoms with Crippen molar-refractivity contribution >= 4 is 6.29 Å². The van der Waals surface area contributed by atoms with E-state index >= 15 is 0 Å². The second-order valence-corrected chi connectivity index (χ2v) is 3.58. The van der Waals surface area contributed by atoms with Gasteiger partial charge in [0, 0.05) is 13.0 Å². The maximum absolute atomic E-state index is 10.5. The Morgan fingerprint density at radius 2 is 2.00 bits per heavy atom. The van der Waals surface area contributed by atoms with Gasteiger partial charge in [-0.05, 0) is 17.4 Å². The summed E-state index contributed by atoms with van der Waals surface area (Å²) in [6.07, 6.45) is 1.40. The van der Waals surface area contributed by atoms with Crippen molar-refractivity contribution in [2.24, 2.45) is 5.92 Å². The Hall–Kier alpha value is -1.15. The second kappa shape index (κ2) is 5.55. The van der Waals surface area contributed by atoms with Crippen LogP contribution >= 0.6 is 0 Å². The summed E-state index contributed by atoms with van der Waals surface area (Å²) in [7, 11) is 0. The minimum Gasteiger partial charge on any atom is -0.396 e. The van der Waals surface area contributed by atoms with E-state index in [0.717, 1.165) is 11.8 Å². The van der Waals surface area contributed by atoms with Crippen LogP contribution < -0.4 is 0 Å². The molecule has 0 aliphatic carbocycles. The van der Waals surface area contributed by atoms with Gasteiger partial charge < -0.3 is 9.90 Å². The maximum Gasteiger partial charge on any atom is 0.120 e. The van der Waals surface area contributed by atoms with Crippen molar-refractivity contribution in [2.75, 3.05) is 6.61 Å². The van der Waals surface area contributed by atoms with E-state index in [0.29, 0.717) is 6.42 Å². The number of carbonyl (C=O) groups excluding carboxylic acids is 1. The number of carbonyl (C=O) groups is 1. The Morgan fingerprint density at radius 3 is 2.50 bits per heavy atom. The third kappa shape index (κ3) is 2.67. The van der Waals surface area contributed by atoms with Crippen LogP contribution in [0.5, 0.6) is 0 Å². The lowest BCUT2D eigenvalue weighted by Gasteiger charge is -2.20. The predicted molar refractivity (Wildman–Crippen MR) is 56.1 cm³/mol. The van der Waals surface area contributed by atoms with Crippen molar-refractivity contribution in [1.29, 1.82) is 0 Å². The molecule has 0 amide bonds. The summed E-state index contributed by atoms with van der Waals surface area (Å²) in [6.45, 7) is 2.08. The number of aliphatic hydroxyl groups excluding tert-OH is 1. The molecule has 14 heavy (non-hydrogen) atoms. The Morgan fingerprint density at radius 1 is 1.36 bits per heavy atom. The minimum atomic E-state index is 0.118. The Bertz CT molecular complexity index is 269. The molecule has 0 radical (unpaired) electrons. The molecule has 0 aliphatic heterocycles. The average molecular weight is 192 g/mol. The minimum absolute atomic E-state index is 0.118. The third-order valence-electron chi connectivity index (χ3n) is 2.55. The van der Waals surface area contributed by atoms with E-state index in [1.807, 2.05) is 37.3 Å². The van der Waals surface area contributed by atoms with E-state index in [9.17, 15) is 4.79 Å². The first-order chi connectivity index (χ1) is 6.79. The number of aliphatic hydroxyl groups is 1. The van der Waals surface area contributed by atoms with Crippen molar-refractivity contribution < 1.29 is 9.90 Å². The molecule has 0 heterocycles. The average Bonchev–Trinajstić information content (AvgIpc) is 2.26. The molecule has 76 valence electrons. The molecule has 1 N–H and O–H groups in total. The van der Waals surface area contributed by atoms with Gasteiger partial charge in [-0.25, -0.2) is 0 Å². The van der Waals surface area contributed by atoms with E-state index in [2.05, 4.69) is 0 Å². The quantitative estimate of drug-likeness (QED) is 0.724. The summed E-state index contributed by atoms with van der Waals surface area (Å²) >= 11 is 0. The number of benzene rings is 1. The van der Waals surface area contributed by atoms with Crippen molar-refractivity contribution in [3.63, 3.8) is 0 Å². The molecule has 0 saturated heterocycles. The van der Waals surface area contributed by atoms with Crippen LogP contribution in [0.2, 0.25) is 0 Å². The molecular weight excluding hydrogens is 176 g/mol. The number of hydrogen-bond acceptors (Lipinski definition) is 2. The monoisotopic (exact) mass is 192 g/mol. The topological polar surface area (TPSA) is 37.3 Å². The zero-order chi connectivity index (χ0) is 10.4. The van der Waals surface area contributed by atoms with Gasteiger partial charge in [0.2, 0.25) is 0 Å². The highest BCUT2D eigenvalue weighted by Crippen LogP contribution is 2.26. The summed E-state index contributed by atoms with van der Waals surface area (Å²) in [5, 5.41) is 9.08. The molecular formula is C12H16O2. The van der Waals surface area contributed by atoms with Gasteiger partial charge in [-0.3, -0.25) is 0 Å². The van der Waals surface area contributed by atoms with Gasteiger partial charge in [-0.1, -0.05) is 37.3 Å². The molecule has 1 rings (SSSR count). The van der Waals surface area contributed by atoms with Gasteiger partial charge >= 0.3 is 0 Å². The van der Waals surface area contributed by atoms with Crippen LogP contribution in [0.4, 0.5) is 0 Å². The Labute approximate surface area is 84.6 Å². The lowest BCUT2D eigenvalue weighted by atomic mass is 9.85. The smallest absolute Gasteiger partial charge is 0.120 e. The fraction of sp³-hybridized carbons (Fsp3) is 0.417. The highest BCUT2D eigenvalue weighted by molar-refractivity contribution is 5.51. The Kier molecular flexibility index (Phi) is 4.33. The molecule has 0 fully saturated rings. The maximum atomic E-state index is 10.5. The SMILES string of the molecule is CC(CO)C(CC=O)c1ccccc1. The molecule has 2 heteroatoms. The number of hydrogen-bond donors (Lipinski definition) is 1. The normalized spacial score (nSPS) is 14.7. The molecule has 0 saturated carbocycles. The lowest BCUT2D eigenvalue weighted by molar-refractivity contribution is -0.108. The van der Waals surface area contributed by atoms with Crippen molar-refractivity contribution in [3.8, 4) is 0 Å². The van der Waals surface area contributed by atoms with Crippen molar-refractivity contribution in [2.45, 2.75) is 19.3 Å². The molecule has 2 nitrogen and oxygen atoms in total. The number of aldehydes is 1. The van der Waals surface area contributed by atoms with Gasteiger partial charge in [0.1, 0.15) is 6.29 Å². The van der Waals surface area contributed by atoms with E-state index in [1.165, 1.54) is 0 Å². The van der Waals surface area contributed by atoms with E-state index < -0.39 is 0 Å². The van der Waals surface area contributed by atoms with Crippen LogP contribution in [-0.2, 0) is 4.79 Å². The Balaban J connectivity index is 2.82. The molecule has 1 aromatic rings. The van der Waals surface area contributed by atoms with Gasteiger partial charge in [0.05, 0.1) is 0 Å². The summed E-state index contributed by atoms with van der Waals surface area (Å²) in [5.74, 6) is 0.265. The van der Waals surface area contributed by atoms with E-state index in [-0.39, 0.29) is 18.4 Å². The standard InChI is InChI=1S/C12H16O2/c1-10(9-14)12(7-8-13)11-5-3-2-4-6-11/h2-6,8,10,12,14H,7,9H2,1H3. The summed E-state index contributed by atoms with van der Waals surface area (Å²) < 4.78 is 0. The van der Waals surface area contributed by atoms with Crippen LogP contribution in [0.3, 0.4) is 0 Å². The fourth-order valence-electron chi connectivity index (χ4n) is 1.63. The highest BCUT2D eigenvalue weighted by Gasteiger charge is 2.17. The van der Waals surface area contributed by atoms with Gasteiger partial charge in [-0.15, -0.1) is 0 Å². The van der Waals surface area contributed by atoms with Crippen LogP contribution in [0.25, 0.3) is 0 Å². The zero-order valence-corrected chi connectivity index (χ0v) is 8.39. The van der Waals surface area contributed by atoms with E-state index in [1.54, 1.807) is 0 Å². The molecule has 0 aliphatic rings. The lowest BCUT2D eigenvalue weighted by Crippen LogP contribution is -2.14. The molecule has 0 spiro atoms. The van der Waals surface area contributed by atoms with Crippen LogP contribution in [-0.4, -0.2) is 18.0 Å². The summed E-state index contributed by atoms with van der Waals surface area (Å²) in [6, 6.07) is 9.86. The highest BCUT2D eigenvalue weighted by atomic mass is 16.3. The van der Waals surface area contributed by atoms with Gasteiger partial charge in [0.15, 0.2) is 0 Å². The number of rotatable bonds is 5. The van der Waals surface area contributed by atoms with E-state index in [4.69, 9.17) is 5.11 Å². The summed E-state index contributed by atoms with van der Waals surface area (Å²) in [4.78, 5) is 10.5. The summed E-state index contributed by atoms with van der Waals surface area (Å²) in [5.41, 5.74) is 1.13. The zero-order valence-electron chi connectivity index (χ0n) is 8.39.